The van der Waals surface area contributed by atoms with Gasteiger partial charge in [0.05, 0.1) is 17.5 Å². The molecular weight excluding hydrogens is 294 g/mol. The summed E-state index contributed by atoms with van der Waals surface area (Å²) in [5.74, 6) is 0.915. The molecule has 0 bridgehead atoms. The lowest BCUT2D eigenvalue weighted by molar-refractivity contribution is 0.118. The van der Waals surface area contributed by atoms with E-state index in [9.17, 15) is 0 Å². The Morgan fingerprint density at radius 2 is 2.30 bits per heavy atom. The summed E-state index contributed by atoms with van der Waals surface area (Å²) < 4.78 is 5.66. The molecule has 3 heterocycles. The van der Waals surface area contributed by atoms with Gasteiger partial charge in [0, 0.05) is 18.5 Å². The second-order valence-corrected chi connectivity index (χ2v) is 6.60. The Hall–Kier alpha value is -0.910. The van der Waals surface area contributed by atoms with Crippen molar-refractivity contribution in [1.82, 2.24) is 9.97 Å². The molecule has 20 heavy (non-hydrogen) atoms. The first-order valence-electron chi connectivity index (χ1n) is 6.90. The van der Waals surface area contributed by atoms with Gasteiger partial charge in [-0.15, -0.1) is 11.3 Å². The Morgan fingerprint density at radius 1 is 1.50 bits per heavy atom. The Morgan fingerprint density at radius 3 is 2.95 bits per heavy atom. The van der Waals surface area contributed by atoms with Crippen molar-refractivity contribution in [3.8, 4) is 0 Å². The summed E-state index contributed by atoms with van der Waals surface area (Å²) in [6.45, 7) is 5.07. The lowest BCUT2D eigenvalue weighted by Crippen LogP contribution is -2.37. The summed E-state index contributed by atoms with van der Waals surface area (Å²) in [6.07, 6.45) is 2.24. The lowest BCUT2D eigenvalue weighted by Gasteiger charge is -2.28. The Bertz CT molecular complexity index is 630. The van der Waals surface area contributed by atoms with Crippen LogP contribution in [0.3, 0.4) is 0 Å². The molecule has 1 fully saturated rings. The van der Waals surface area contributed by atoms with Gasteiger partial charge in [-0.05, 0) is 37.4 Å². The number of aromatic nitrogens is 2. The number of ether oxygens (including phenoxy) is 1. The van der Waals surface area contributed by atoms with E-state index in [0.29, 0.717) is 11.3 Å². The minimum Gasteiger partial charge on any atom is -0.376 e. The quantitative estimate of drug-likeness (QED) is 0.813. The van der Waals surface area contributed by atoms with E-state index in [1.54, 1.807) is 11.3 Å². The Balaban J connectivity index is 2.07. The van der Waals surface area contributed by atoms with Crippen LogP contribution in [0.15, 0.2) is 6.07 Å². The van der Waals surface area contributed by atoms with Crippen molar-refractivity contribution in [1.29, 1.82) is 0 Å². The summed E-state index contributed by atoms with van der Waals surface area (Å²) >= 11 is 7.78. The number of thiophene rings is 1. The summed E-state index contributed by atoms with van der Waals surface area (Å²) in [4.78, 5) is 13.3. The molecule has 108 valence electrons. The van der Waals surface area contributed by atoms with Crippen LogP contribution in [0.4, 0.5) is 5.82 Å². The number of halogens is 1. The summed E-state index contributed by atoms with van der Waals surface area (Å²) in [5.41, 5.74) is 0. The third-order valence-corrected chi connectivity index (χ3v) is 5.25. The highest BCUT2D eigenvalue weighted by atomic mass is 35.5. The monoisotopic (exact) mass is 311 g/mol. The van der Waals surface area contributed by atoms with Gasteiger partial charge in [-0.3, -0.25) is 0 Å². The first-order valence-corrected chi connectivity index (χ1v) is 8.10. The van der Waals surface area contributed by atoms with Gasteiger partial charge in [-0.2, -0.15) is 4.98 Å². The van der Waals surface area contributed by atoms with Crippen LogP contribution in [0.1, 0.15) is 25.1 Å². The van der Waals surface area contributed by atoms with Crippen molar-refractivity contribution in [2.75, 3.05) is 18.6 Å². The highest BCUT2D eigenvalue weighted by Gasteiger charge is 2.30. The number of anilines is 1. The molecule has 1 saturated heterocycles. The molecule has 2 unspecified atom stereocenters. The third kappa shape index (κ3) is 2.38. The molecule has 0 aliphatic carbocycles. The van der Waals surface area contributed by atoms with E-state index in [1.807, 2.05) is 0 Å². The molecule has 2 aromatic rings. The number of fused-ring (bicyclic) bond motifs is 1. The maximum Gasteiger partial charge on any atom is 0.225 e. The zero-order chi connectivity index (χ0) is 14.3. The van der Waals surface area contributed by atoms with Crippen molar-refractivity contribution in [3.05, 3.63) is 16.2 Å². The molecule has 1 aliphatic heterocycles. The standard InChI is InChI=1S/C14H18ClN3OS/c1-4-9-7-10-12(16-14(15)17-13(10)20-9)18(3)11-5-6-19-8(11)2/h7-8,11H,4-6H2,1-3H3. The fraction of sp³-hybridized carbons (Fsp3) is 0.571. The maximum absolute atomic E-state index is 6.09. The summed E-state index contributed by atoms with van der Waals surface area (Å²) in [7, 11) is 2.07. The average molecular weight is 312 g/mol. The van der Waals surface area contributed by atoms with Crippen molar-refractivity contribution in [2.24, 2.45) is 0 Å². The number of hydrogen-bond donors (Lipinski definition) is 0. The molecule has 0 aromatic carbocycles. The molecule has 2 aromatic heterocycles. The van der Waals surface area contributed by atoms with Crippen molar-refractivity contribution < 1.29 is 4.74 Å². The van der Waals surface area contributed by atoms with E-state index in [4.69, 9.17) is 16.3 Å². The van der Waals surface area contributed by atoms with E-state index in [1.165, 1.54) is 4.88 Å². The van der Waals surface area contributed by atoms with Gasteiger partial charge in [-0.1, -0.05) is 6.92 Å². The first kappa shape index (κ1) is 14.0. The van der Waals surface area contributed by atoms with Crippen LogP contribution in [-0.4, -0.2) is 35.8 Å². The van der Waals surface area contributed by atoms with Crippen LogP contribution in [0.2, 0.25) is 5.28 Å². The molecule has 0 amide bonds. The predicted molar refractivity (Wildman–Crippen MR) is 84.0 cm³/mol. The highest BCUT2D eigenvalue weighted by Crippen LogP contribution is 2.34. The van der Waals surface area contributed by atoms with Gasteiger partial charge in [-0.25, -0.2) is 4.98 Å². The van der Waals surface area contributed by atoms with E-state index in [0.717, 1.165) is 35.5 Å². The van der Waals surface area contributed by atoms with Gasteiger partial charge in [0.25, 0.3) is 0 Å². The van der Waals surface area contributed by atoms with E-state index < -0.39 is 0 Å². The zero-order valence-electron chi connectivity index (χ0n) is 11.9. The second-order valence-electron chi connectivity index (χ2n) is 5.14. The summed E-state index contributed by atoms with van der Waals surface area (Å²) in [6, 6.07) is 2.52. The number of aryl methyl sites for hydroxylation is 1. The number of likely N-dealkylation sites (N-methyl/N-ethyl adjacent to an activating group) is 1. The van der Waals surface area contributed by atoms with Gasteiger partial charge < -0.3 is 9.64 Å². The molecule has 4 nitrogen and oxygen atoms in total. The van der Waals surface area contributed by atoms with E-state index >= 15 is 0 Å². The van der Waals surface area contributed by atoms with E-state index in [2.05, 4.69) is 41.8 Å². The van der Waals surface area contributed by atoms with Gasteiger partial charge in [0.15, 0.2) is 0 Å². The molecule has 3 rings (SSSR count). The van der Waals surface area contributed by atoms with Crippen molar-refractivity contribution >= 4 is 39.0 Å². The van der Waals surface area contributed by atoms with Gasteiger partial charge >= 0.3 is 0 Å². The molecule has 1 aliphatic rings. The topological polar surface area (TPSA) is 38.2 Å². The highest BCUT2D eigenvalue weighted by molar-refractivity contribution is 7.18. The fourth-order valence-electron chi connectivity index (χ4n) is 2.76. The van der Waals surface area contributed by atoms with Crippen molar-refractivity contribution in [2.45, 2.75) is 38.8 Å². The van der Waals surface area contributed by atoms with Crippen LogP contribution in [0, 0.1) is 0 Å². The fourth-order valence-corrected chi connectivity index (χ4v) is 3.94. The molecule has 6 heteroatoms. The van der Waals surface area contributed by atoms with Crippen LogP contribution in [0.5, 0.6) is 0 Å². The average Bonchev–Trinajstić information content (AvgIpc) is 3.02. The smallest absolute Gasteiger partial charge is 0.225 e. The molecule has 0 N–H and O–H groups in total. The SMILES string of the molecule is CCc1cc2c(N(C)C3CCOC3C)nc(Cl)nc2s1. The molecule has 0 spiro atoms. The van der Waals surface area contributed by atoms with Gasteiger partial charge in [0.1, 0.15) is 10.6 Å². The predicted octanol–water partition coefficient (Wildman–Crippen LogP) is 3.52. The lowest BCUT2D eigenvalue weighted by atomic mass is 10.1. The first-order chi connectivity index (χ1) is 9.60. The maximum atomic E-state index is 6.09. The minimum absolute atomic E-state index is 0.216. The van der Waals surface area contributed by atoms with Crippen LogP contribution in [0.25, 0.3) is 10.2 Å². The largest absolute Gasteiger partial charge is 0.376 e. The van der Waals surface area contributed by atoms with E-state index in [-0.39, 0.29) is 6.10 Å². The van der Waals surface area contributed by atoms with Crippen LogP contribution < -0.4 is 4.90 Å². The molecule has 0 radical (unpaired) electrons. The Labute approximate surface area is 127 Å². The third-order valence-electron chi connectivity index (χ3n) is 3.91. The molecule has 2 atom stereocenters. The summed E-state index contributed by atoms with van der Waals surface area (Å²) in [5, 5.41) is 1.41. The number of hydrogen-bond acceptors (Lipinski definition) is 5. The normalized spacial score (nSPS) is 22.6. The van der Waals surface area contributed by atoms with Crippen LogP contribution >= 0.6 is 22.9 Å². The molecule has 0 saturated carbocycles. The van der Waals surface area contributed by atoms with Crippen molar-refractivity contribution in [3.63, 3.8) is 0 Å². The molecular formula is C14H18ClN3OS. The van der Waals surface area contributed by atoms with Crippen LogP contribution in [-0.2, 0) is 11.2 Å². The minimum atomic E-state index is 0.216. The zero-order valence-corrected chi connectivity index (χ0v) is 13.5. The Kier molecular flexibility index (Phi) is 3.84. The van der Waals surface area contributed by atoms with Gasteiger partial charge in [0.2, 0.25) is 5.28 Å². The second kappa shape index (κ2) is 5.47. The number of rotatable bonds is 3. The number of nitrogens with zero attached hydrogens (tertiary/aromatic N) is 3.